The first kappa shape index (κ1) is 21.2. The molecule has 0 aliphatic carbocycles. The Bertz CT molecular complexity index is 779. The van der Waals surface area contributed by atoms with Crippen LogP contribution in [0.1, 0.15) is 43.5 Å². The van der Waals surface area contributed by atoms with Crippen LogP contribution in [-0.4, -0.2) is 56.7 Å². The van der Waals surface area contributed by atoms with Gasteiger partial charge in [-0.25, -0.2) is 17.9 Å². The standard InChI is InChI=1S/C18H28N4O4S/c1-13(2)20-18(24)21-15-8-6-7-14(11-15)17(23)22-10-5-4-9-16(22)12-19-27(3,25)26/h6-8,11,13,16,19H,4-5,9-10,12H2,1-3H3,(H2,20,21,24). The molecule has 1 aromatic rings. The maximum Gasteiger partial charge on any atom is 0.319 e. The SMILES string of the molecule is CC(C)NC(=O)Nc1cccc(C(=O)N2CCCCC2CNS(C)(=O)=O)c1. The van der Waals surface area contributed by atoms with Crippen molar-refractivity contribution >= 4 is 27.6 Å². The third-order valence-electron chi connectivity index (χ3n) is 4.26. The van der Waals surface area contributed by atoms with Crippen molar-refractivity contribution in [3.05, 3.63) is 29.8 Å². The molecule has 27 heavy (non-hydrogen) atoms. The Kier molecular flexibility index (Phi) is 7.20. The Morgan fingerprint density at radius 3 is 2.67 bits per heavy atom. The normalized spacial score (nSPS) is 17.6. The highest BCUT2D eigenvalue weighted by Gasteiger charge is 2.28. The van der Waals surface area contributed by atoms with Gasteiger partial charge < -0.3 is 15.5 Å². The van der Waals surface area contributed by atoms with E-state index >= 15 is 0 Å². The van der Waals surface area contributed by atoms with Gasteiger partial charge in [0.05, 0.1) is 6.26 Å². The minimum atomic E-state index is -3.31. The van der Waals surface area contributed by atoms with Crippen LogP contribution >= 0.6 is 0 Å². The third kappa shape index (κ3) is 6.84. The Labute approximate surface area is 160 Å². The van der Waals surface area contributed by atoms with Crippen molar-refractivity contribution in [3.8, 4) is 0 Å². The van der Waals surface area contributed by atoms with Gasteiger partial charge in [-0.2, -0.15) is 0 Å². The first-order valence-corrected chi connectivity index (χ1v) is 11.0. The maximum absolute atomic E-state index is 13.0. The van der Waals surface area contributed by atoms with Crippen LogP contribution in [0.15, 0.2) is 24.3 Å². The van der Waals surface area contributed by atoms with Crippen molar-refractivity contribution in [1.82, 2.24) is 14.9 Å². The smallest absolute Gasteiger partial charge is 0.319 e. The molecule has 8 nitrogen and oxygen atoms in total. The summed E-state index contributed by atoms with van der Waals surface area (Å²) in [5.41, 5.74) is 0.991. The number of carbonyl (C=O) groups excluding carboxylic acids is 2. The van der Waals surface area contributed by atoms with E-state index in [9.17, 15) is 18.0 Å². The number of nitrogens with zero attached hydrogens (tertiary/aromatic N) is 1. The summed E-state index contributed by atoms with van der Waals surface area (Å²) in [7, 11) is -3.31. The van der Waals surface area contributed by atoms with Crippen molar-refractivity contribution in [2.24, 2.45) is 0 Å². The number of amides is 3. The van der Waals surface area contributed by atoms with E-state index in [1.54, 1.807) is 29.2 Å². The topological polar surface area (TPSA) is 108 Å². The lowest BCUT2D eigenvalue weighted by Crippen LogP contribution is -2.49. The number of likely N-dealkylation sites (tertiary alicyclic amines) is 1. The third-order valence-corrected chi connectivity index (χ3v) is 4.95. The molecule has 1 aliphatic heterocycles. The number of urea groups is 1. The number of piperidine rings is 1. The van der Waals surface area contributed by atoms with Gasteiger partial charge in [0.15, 0.2) is 0 Å². The van der Waals surface area contributed by atoms with Crippen LogP contribution in [0.4, 0.5) is 10.5 Å². The van der Waals surface area contributed by atoms with Crippen LogP contribution < -0.4 is 15.4 Å². The van der Waals surface area contributed by atoms with Gasteiger partial charge in [-0.3, -0.25) is 4.79 Å². The van der Waals surface area contributed by atoms with E-state index in [4.69, 9.17) is 0 Å². The molecule has 0 radical (unpaired) electrons. The Morgan fingerprint density at radius 2 is 2.00 bits per heavy atom. The molecule has 2 rings (SSSR count). The lowest BCUT2D eigenvalue weighted by atomic mass is 10.0. The monoisotopic (exact) mass is 396 g/mol. The van der Waals surface area contributed by atoms with Gasteiger partial charge in [0, 0.05) is 36.4 Å². The fourth-order valence-corrected chi connectivity index (χ4v) is 3.55. The summed E-state index contributed by atoms with van der Waals surface area (Å²) in [4.78, 5) is 26.5. The van der Waals surface area contributed by atoms with E-state index in [1.165, 1.54) is 0 Å². The molecule has 1 aliphatic rings. The van der Waals surface area contributed by atoms with Crippen LogP contribution in [0.5, 0.6) is 0 Å². The Balaban J connectivity index is 2.10. The summed E-state index contributed by atoms with van der Waals surface area (Å²) in [6.07, 6.45) is 3.70. The molecule has 1 saturated heterocycles. The van der Waals surface area contributed by atoms with E-state index in [-0.39, 0.29) is 30.6 Å². The highest BCUT2D eigenvalue weighted by Crippen LogP contribution is 2.21. The van der Waals surface area contributed by atoms with Crippen LogP contribution in [0.3, 0.4) is 0 Å². The molecule has 150 valence electrons. The first-order chi connectivity index (χ1) is 12.7. The van der Waals surface area contributed by atoms with Gasteiger partial charge in [-0.15, -0.1) is 0 Å². The number of carbonyl (C=O) groups is 2. The molecule has 1 unspecified atom stereocenters. The molecule has 0 saturated carbocycles. The molecule has 9 heteroatoms. The van der Waals surface area contributed by atoms with Crippen molar-refractivity contribution in [1.29, 1.82) is 0 Å². The second-order valence-electron chi connectivity index (χ2n) is 7.10. The van der Waals surface area contributed by atoms with Gasteiger partial charge in [-0.1, -0.05) is 6.07 Å². The number of nitrogens with one attached hydrogen (secondary N) is 3. The molecule has 3 amide bonds. The van der Waals surface area contributed by atoms with Crippen LogP contribution in [-0.2, 0) is 10.0 Å². The molecule has 3 N–H and O–H groups in total. The summed E-state index contributed by atoms with van der Waals surface area (Å²) in [5.74, 6) is -0.164. The van der Waals surface area contributed by atoms with Crippen molar-refractivity contribution in [2.75, 3.05) is 24.7 Å². The minimum absolute atomic E-state index is 0.00580. The van der Waals surface area contributed by atoms with E-state index in [2.05, 4.69) is 15.4 Å². The molecular weight excluding hydrogens is 368 g/mol. The number of rotatable bonds is 6. The summed E-state index contributed by atoms with van der Waals surface area (Å²) in [5, 5.41) is 5.45. The molecule has 0 spiro atoms. The van der Waals surface area contributed by atoms with Crippen LogP contribution in [0, 0.1) is 0 Å². The molecule has 1 heterocycles. The number of sulfonamides is 1. The molecule has 0 bridgehead atoms. The molecule has 0 aromatic heterocycles. The average Bonchev–Trinajstić information content (AvgIpc) is 2.58. The fraction of sp³-hybridized carbons (Fsp3) is 0.556. The molecule has 1 atom stereocenters. The minimum Gasteiger partial charge on any atom is -0.336 e. The molecule has 1 fully saturated rings. The predicted molar refractivity (Wildman–Crippen MR) is 105 cm³/mol. The highest BCUT2D eigenvalue weighted by molar-refractivity contribution is 7.88. The van der Waals surface area contributed by atoms with Crippen molar-refractivity contribution in [2.45, 2.75) is 45.2 Å². The zero-order chi connectivity index (χ0) is 20.0. The Morgan fingerprint density at radius 1 is 1.26 bits per heavy atom. The lowest BCUT2D eigenvalue weighted by Gasteiger charge is -2.36. The van der Waals surface area contributed by atoms with E-state index < -0.39 is 10.0 Å². The van der Waals surface area contributed by atoms with Crippen LogP contribution in [0.25, 0.3) is 0 Å². The second-order valence-corrected chi connectivity index (χ2v) is 8.94. The fourth-order valence-electron chi connectivity index (χ4n) is 3.05. The highest BCUT2D eigenvalue weighted by atomic mass is 32.2. The lowest BCUT2D eigenvalue weighted by molar-refractivity contribution is 0.0619. The van der Waals surface area contributed by atoms with Gasteiger partial charge in [0.1, 0.15) is 0 Å². The van der Waals surface area contributed by atoms with Gasteiger partial charge >= 0.3 is 6.03 Å². The largest absolute Gasteiger partial charge is 0.336 e. The van der Waals surface area contributed by atoms with Crippen molar-refractivity contribution < 1.29 is 18.0 Å². The summed E-state index contributed by atoms with van der Waals surface area (Å²) in [6, 6.07) is 6.26. The second kappa shape index (κ2) is 9.18. The summed E-state index contributed by atoms with van der Waals surface area (Å²) >= 11 is 0. The zero-order valence-corrected chi connectivity index (χ0v) is 16.8. The molecule has 1 aromatic carbocycles. The van der Waals surface area contributed by atoms with E-state index in [0.29, 0.717) is 17.8 Å². The van der Waals surface area contributed by atoms with Crippen LogP contribution in [0.2, 0.25) is 0 Å². The van der Waals surface area contributed by atoms with Gasteiger partial charge in [0.2, 0.25) is 10.0 Å². The number of benzene rings is 1. The number of hydrogen-bond donors (Lipinski definition) is 3. The predicted octanol–water partition coefficient (Wildman–Crippen LogP) is 1.76. The number of anilines is 1. The number of hydrogen-bond acceptors (Lipinski definition) is 4. The summed E-state index contributed by atoms with van der Waals surface area (Å²) < 4.78 is 25.3. The van der Waals surface area contributed by atoms with E-state index in [1.807, 2.05) is 13.8 Å². The molecular formula is C18H28N4O4S. The van der Waals surface area contributed by atoms with Gasteiger partial charge in [0.25, 0.3) is 5.91 Å². The first-order valence-electron chi connectivity index (χ1n) is 9.09. The summed E-state index contributed by atoms with van der Waals surface area (Å²) in [6.45, 7) is 4.51. The quantitative estimate of drug-likeness (QED) is 0.681. The van der Waals surface area contributed by atoms with E-state index in [0.717, 1.165) is 25.5 Å². The van der Waals surface area contributed by atoms with Crippen molar-refractivity contribution in [3.63, 3.8) is 0 Å². The maximum atomic E-state index is 13.0. The average molecular weight is 397 g/mol. The zero-order valence-electron chi connectivity index (χ0n) is 16.0. The Hall–Kier alpha value is -2.13. The van der Waals surface area contributed by atoms with Gasteiger partial charge in [-0.05, 0) is 51.3 Å².